The maximum atomic E-state index is 12.9. The van der Waals surface area contributed by atoms with Crippen LogP contribution < -0.4 is 20.3 Å². The van der Waals surface area contributed by atoms with Crippen molar-refractivity contribution >= 4 is 40.6 Å². The third kappa shape index (κ3) is 5.31. The van der Waals surface area contributed by atoms with Gasteiger partial charge in [0.15, 0.2) is 16.3 Å². The van der Waals surface area contributed by atoms with E-state index in [1.165, 1.54) is 0 Å². The Morgan fingerprint density at radius 1 is 1.12 bits per heavy atom. The Balaban J connectivity index is 1.23. The highest BCUT2D eigenvalue weighted by Crippen LogP contribution is 2.34. The first-order valence-corrected chi connectivity index (χ1v) is 11.4. The summed E-state index contributed by atoms with van der Waals surface area (Å²) in [6.45, 7) is 1.24. The van der Waals surface area contributed by atoms with Crippen molar-refractivity contribution < 1.29 is 14.3 Å². The number of amides is 1. The molecule has 7 nitrogen and oxygen atoms in total. The predicted molar refractivity (Wildman–Crippen MR) is 126 cm³/mol. The molecule has 0 unspecified atom stereocenters. The van der Waals surface area contributed by atoms with Crippen LogP contribution in [0.25, 0.3) is 10.9 Å². The minimum Gasteiger partial charge on any atom is -0.454 e. The van der Waals surface area contributed by atoms with Crippen LogP contribution in [0.4, 0.5) is 0 Å². The minimum absolute atomic E-state index is 0.0372. The van der Waals surface area contributed by atoms with Crippen LogP contribution in [0.5, 0.6) is 11.5 Å². The lowest BCUT2D eigenvalue weighted by molar-refractivity contribution is -0.121. The zero-order chi connectivity index (χ0) is 22.5. The van der Waals surface area contributed by atoms with Crippen molar-refractivity contribution in [3.05, 3.63) is 62.1 Å². The molecule has 0 saturated heterocycles. The quantitative estimate of drug-likeness (QED) is 0.356. The summed E-state index contributed by atoms with van der Waals surface area (Å²) in [6.07, 6.45) is 3.57. The van der Waals surface area contributed by atoms with Crippen LogP contribution >= 0.6 is 23.8 Å². The maximum Gasteiger partial charge on any atom is 0.262 e. The van der Waals surface area contributed by atoms with E-state index >= 15 is 0 Å². The Labute approximate surface area is 195 Å². The smallest absolute Gasteiger partial charge is 0.262 e. The van der Waals surface area contributed by atoms with Crippen molar-refractivity contribution in [2.75, 3.05) is 13.3 Å². The molecule has 0 atom stereocenters. The monoisotopic (exact) mass is 473 g/mol. The summed E-state index contributed by atoms with van der Waals surface area (Å²) in [4.78, 5) is 28.0. The van der Waals surface area contributed by atoms with Crippen molar-refractivity contribution in [3.63, 3.8) is 0 Å². The summed E-state index contributed by atoms with van der Waals surface area (Å²) in [5, 5.41) is 4.16. The van der Waals surface area contributed by atoms with Gasteiger partial charge >= 0.3 is 0 Å². The van der Waals surface area contributed by atoms with Gasteiger partial charge in [-0.25, -0.2) is 0 Å². The average Bonchev–Trinajstić information content (AvgIpc) is 3.23. The number of hydrogen-bond acceptors (Lipinski definition) is 5. The number of rotatable bonds is 9. The Bertz CT molecular complexity index is 1240. The number of benzene rings is 2. The van der Waals surface area contributed by atoms with Crippen LogP contribution in [-0.4, -0.2) is 28.8 Å². The summed E-state index contributed by atoms with van der Waals surface area (Å²) in [5.74, 6) is 1.20. The Hall–Kier alpha value is -2.84. The second kappa shape index (κ2) is 10.2. The zero-order valence-corrected chi connectivity index (χ0v) is 19.1. The molecule has 1 aliphatic rings. The third-order valence-corrected chi connectivity index (χ3v) is 5.98. The lowest BCUT2D eigenvalue weighted by Gasteiger charge is -2.09. The highest BCUT2D eigenvalue weighted by Gasteiger charge is 2.17. The van der Waals surface area contributed by atoms with Gasteiger partial charge in [0.25, 0.3) is 5.56 Å². The van der Waals surface area contributed by atoms with Gasteiger partial charge in [-0.15, -0.1) is 0 Å². The number of nitrogens with zero attached hydrogens (tertiary/aromatic N) is 1. The number of unbranched alkanes of at least 4 members (excludes halogenated alkanes) is 2. The van der Waals surface area contributed by atoms with Crippen molar-refractivity contribution in [1.29, 1.82) is 0 Å². The summed E-state index contributed by atoms with van der Waals surface area (Å²) >= 11 is 11.2. The molecule has 0 aliphatic carbocycles. The molecule has 1 aliphatic heterocycles. The van der Waals surface area contributed by atoms with E-state index in [2.05, 4.69) is 10.3 Å². The van der Waals surface area contributed by atoms with E-state index in [1.54, 1.807) is 16.7 Å². The van der Waals surface area contributed by atoms with E-state index in [4.69, 9.17) is 33.3 Å². The normalized spacial score (nSPS) is 12.3. The van der Waals surface area contributed by atoms with Crippen molar-refractivity contribution in [1.82, 2.24) is 14.9 Å². The van der Waals surface area contributed by atoms with E-state index in [-0.39, 0.29) is 18.3 Å². The maximum absolute atomic E-state index is 12.9. The molecule has 2 N–H and O–H groups in total. The number of H-pyrrole nitrogens is 1. The number of aromatic nitrogens is 2. The van der Waals surface area contributed by atoms with Crippen LogP contribution in [0.2, 0.25) is 5.02 Å². The predicted octanol–water partition coefficient (Wildman–Crippen LogP) is 4.36. The molecule has 1 amide bonds. The minimum atomic E-state index is -0.151. The SMILES string of the molecule is O=C(CCCCCn1c(=S)[nH]c2cc3c(cc2c1=O)OCO3)NCCc1ccc(Cl)cc1. The lowest BCUT2D eigenvalue weighted by Crippen LogP contribution is -2.25. The molecule has 2 heterocycles. The van der Waals surface area contributed by atoms with Crippen LogP contribution in [0.3, 0.4) is 0 Å². The summed E-state index contributed by atoms with van der Waals surface area (Å²) in [7, 11) is 0. The molecule has 168 valence electrons. The molecule has 1 aromatic heterocycles. The van der Waals surface area contributed by atoms with Gasteiger partial charge in [0.2, 0.25) is 12.7 Å². The van der Waals surface area contributed by atoms with Crippen molar-refractivity contribution in [2.24, 2.45) is 0 Å². The molecule has 9 heteroatoms. The molecule has 2 aromatic carbocycles. The zero-order valence-electron chi connectivity index (χ0n) is 17.5. The van der Waals surface area contributed by atoms with Gasteiger partial charge in [-0.2, -0.15) is 0 Å². The van der Waals surface area contributed by atoms with Gasteiger partial charge in [0.05, 0.1) is 10.9 Å². The molecule has 0 bridgehead atoms. The average molecular weight is 474 g/mol. The molecule has 0 saturated carbocycles. The molecular formula is C23H24ClN3O4S. The molecule has 0 spiro atoms. The first-order valence-electron chi connectivity index (χ1n) is 10.6. The Morgan fingerprint density at radius 2 is 1.88 bits per heavy atom. The first-order chi connectivity index (χ1) is 15.5. The summed E-state index contributed by atoms with van der Waals surface area (Å²) < 4.78 is 12.7. The lowest BCUT2D eigenvalue weighted by atomic mass is 10.1. The highest BCUT2D eigenvalue weighted by atomic mass is 35.5. The van der Waals surface area contributed by atoms with Crippen LogP contribution in [0, 0.1) is 4.77 Å². The third-order valence-electron chi connectivity index (χ3n) is 5.41. The van der Waals surface area contributed by atoms with Crippen molar-refractivity contribution in [2.45, 2.75) is 38.6 Å². The fraction of sp³-hybridized carbons (Fsp3) is 0.348. The molecule has 3 aromatic rings. The number of ether oxygens (including phenoxy) is 2. The molecule has 0 radical (unpaired) electrons. The standard InChI is InChI=1S/C23H24ClN3O4S/c24-16-7-5-15(6-8-16)9-10-25-21(28)4-2-1-3-11-27-22(29)17-12-19-20(31-14-30-19)13-18(17)26-23(27)32/h5-8,12-13H,1-4,9-11,14H2,(H,25,28)(H,26,32). The van der Waals surface area contributed by atoms with E-state index < -0.39 is 0 Å². The van der Waals surface area contributed by atoms with Gasteiger partial charge in [-0.05, 0) is 55.2 Å². The van der Waals surface area contributed by atoms with E-state index in [9.17, 15) is 9.59 Å². The highest BCUT2D eigenvalue weighted by molar-refractivity contribution is 7.71. The second-order valence-electron chi connectivity index (χ2n) is 7.68. The molecular weight excluding hydrogens is 450 g/mol. The summed E-state index contributed by atoms with van der Waals surface area (Å²) in [6, 6.07) is 11.0. The van der Waals surface area contributed by atoms with Gasteiger partial charge in [-0.3, -0.25) is 14.2 Å². The number of hydrogen-bond donors (Lipinski definition) is 2. The van der Waals surface area contributed by atoms with Crippen LogP contribution in [0.1, 0.15) is 31.2 Å². The fourth-order valence-electron chi connectivity index (χ4n) is 3.66. The first kappa shape index (κ1) is 22.4. The summed E-state index contributed by atoms with van der Waals surface area (Å²) in [5.41, 5.74) is 1.62. The van der Waals surface area contributed by atoms with Gasteiger partial charge in [0.1, 0.15) is 0 Å². The molecule has 32 heavy (non-hydrogen) atoms. The van der Waals surface area contributed by atoms with Crippen LogP contribution in [-0.2, 0) is 17.8 Å². The fourth-order valence-corrected chi connectivity index (χ4v) is 4.07. The number of halogens is 1. The van der Waals surface area contributed by atoms with Crippen LogP contribution in [0.15, 0.2) is 41.2 Å². The number of carbonyl (C=O) groups excluding carboxylic acids is 1. The van der Waals surface area contributed by atoms with E-state index in [0.29, 0.717) is 51.7 Å². The molecule has 0 fully saturated rings. The Morgan fingerprint density at radius 3 is 2.66 bits per heavy atom. The van der Waals surface area contributed by atoms with E-state index in [0.717, 1.165) is 31.2 Å². The number of aromatic amines is 1. The Kier molecular flexibility index (Phi) is 7.12. The van der Waals surface area contributed by atoms with Gasteiger partial charge in [0, 0.05) is 30.6 Å². The molecule has 4 rings (SSSR count). The van der Waals surface area contributed by atoms with Gasteiger partial charge < -0.3 is 19.8 Å². The van der Waals surface area contributed by atoms with E-state index in [1.807, 2.05) is 24.3 Å². The second-order valence-corrected chi connectivity index (χ2v) is 8.50. The topological polar surface area (TPSA) is 85.4 Å². The number of nitrogens with one attached hydrogen (secondary N) is 2. The van der Waals surface area contributed by atoms with Crippen molar-refractivity contribution in [3.8, 4) is 11.5 Å². The largest absolute Gasteiger partial charge is 0.454 e. The van der Waals surface area contributed by atoms with Gasteiger partial charge in [-0.1, -0.05) is 30.2 Å². The number of carbonyl (C=O) groups is 1. The number of fused-ring (bicyclic) bond motifs is 2.